The van der Waals surface area contributed by atoms with Crippen molar-refractivity contribution in [3.05, 3.63) is 28.0 Å². The fourth-order valence-corrected chi connectivity index (χ4v) is 2.21. The summed E-state index contributed by atoms with van der Waals surface area (Å²) >= 11 is 11.5. The molecule has 1 heterocycles. The van der Waals surface area contributed by atoms with Gasteiger partial charge in [0.25, 0.3) is 5.91 Å². The van der Waals surface area contributed by atoms with E-state index in [0.717, 1.165) is 12.8 Å². The second kappa shape index (κ2) is 9.16. The predicted molar refractivity (Wildman–Crippen MR) is 80.0 cm³/mol. The van der Waals surface area contributed by atoms with Crippen LogP contribution in [-0.4, -0.2) is 17.4 Å². The van der Waals surface area contributed by atoms with Crippen LogP contribution in [-0.2, 0) is 0 Å². The molecule has 0 aromatic carbocycles. The van der Waals surface area contributed by atoms with Crippen LogP contribution in [0.1, 0.15) is 55.8 Å². The smallest absolute Gasteiger partial charge is 0.254 e. The van der Waals surface area contributed by atoms with Crippen molar-refractivity contribution in [3.8, 4) is 0 Å². The first kappa shape index (κ1) is 16.3. The summed E-state index contributed by atoms with van der Waals surface area (Å²) in [5.41, 5.74) is 0.372. The number of amides is 1. The zero-order chi connectivity index (χ0) is 14.1. The number of hydrogen-bond acceptors (Lipinski definition) is 2. The van der Waals surface area contributed by atoms with E-state index in [9.17, 15) is 4.79 Å². The number of halogens is 2. The van der Waals surface area contributed by atoms with Crippen LogP contribution in [0.2, 0.25) is 10.3 Å². The highest BCUT2D eigenvalue weighted by Crippen LogP contribution is 2.16. The van der Waals surface area contributed by atoms with E-state index in [1.807, 2.05) is 0 Å². The maximum absolute atomic E-state index is 11.8. The molecule has 3 nitrogen and oxygen atoms in total. The Hall–Kier alpha value is -0.800. The van der Waals surface area contributed by atoms with E-state index in [-0.39, 0.29) is 16.2 Å². The van der Waals surface area contributed by atoms with Gasteiger partial charge in [-0.05, 0) is 18.6 Å². The number of nitrogens with one attached hydrogen (secondary N) is 1. The van der Waals surface area contributed by atoms with Crippen molar-refractivity contribution in [2.45, 2.75) is 45.4 Å². The van der Waals surface area contributed by atoms with Crippen LogP contribution in [0.4, 0.5) is 0 Å². The standard InChI is InChI=1S/C14H20Cl2N2O/c1-2-3-4-5-6-7-10-17-14(19)11-8-9-12(15)18-13(11)16/h8-9H,2-7,10H2,1H3,(H,17,19). The number of carbonyl (C=O) groups excluding carboxylic acids is 1. The van der Waals surface area contributed by atoms with Gasteiger partial charge in [-0.3, -0.25) is 4.79 Å². The van der Waals surface area contributed by atoms with Gasteiger partial charge in [-0.2, -0.15) is 0 Å². The molecule has 19 heavy (non-hydrogen) atoms. The Kier molecular flexibility index (Phi) is 7.84. The van der Waals surface area contributed by atoms with E-state index in [2.05, 4.69) is 17.2 Å². The van der Waals surface area contributed by atoms with E-state index in [4.69, 9.17) is 23.2 Å². The molecule has 0 saturated carbocycles. The number of rotatable bonds is 8. The lowest BCUT2D eigenvalue weighted by molar-refractivity contribution is 0.0952. The highest BCUT2D eigenvalue weighted by atomic mass is 35.5. The number of hydrogen-bond donors (Lipinski definition) is 1. The first-order valence-electron chi connectivity index (χ1n) is 6.75. The fourth-order valence-electron chi connectivity index (χ4n) is 1.78. The Balaban J connectivity index is 2.24. The second-order valence-electron chi connectivity index (χ2n) is 4.50. The number of pyridine rings is 1. The van der Waals surface area contributed by atoms with Crippen molar-refractivity contribution in [2.75, 3.05) is 6.54 Å². The first-order valence-corrected chi connectivity index (χ1v) is 7.51. The van der Waals surface area contributed by atoms with Gasteiger partial charge in [-0.15, -0.1) is 0 Å². The molecule has 0 aliphatic carbocycles. The summed E-state index contributed by atoms with van der Waals surface area (Å²) in [4.78, 5) is 15.7. The minimum Gasteiger partial charge on any atom is -0.352 e. The Morgan fingerprint density at radius 2 is 1.84 bits per heavy atom. The van der Waals surface area contributed by atoms with Crippen molar-refractivity contribution in [3.63, 3.8) is 0 Å². The van der Waals surface area contributed by atoms with Gasteiger partial charge in [0, 0.05) is 6.54 Å². The monoisotopic (exact) mass is 302 g/mol. The molecule has 5 heteroatoms. The fraction of sp³-hybridized carbons (Fsp3) is 0.571. The summed E-state index contributed by atoms with van der Waals surface area (Å²) in [6, 6.07) is 3.15. The molecule has 1 aromatic heterocycles. The molecule has 0 saturated heterocycles. The van der Waals surface area contributed by atoms with Crippen LogP contribution in [0.5, 0.6) is 0 Å². The average molecular weight is 303 g/mol. The Morgan fingerprint density at radius 3 is 2.53 bits per heavy atom. The lowest BCUT2D eigenvalue weighted by Gasteiger charge is -2.06. The zero-order valence-electron chi connectivity index (χ0n) is 11.2. The van der Waals surface area contributed by atoms with Gasteiger partial charge in [-0.25, -0.2) is 4.98 Å². The molecular formula is C14H20Cl2N2O. The molecule has 0 aliphatic heterocycles. The van der Waals surface area contributed by atoms with E-state index >= 15 is 0 Å². The largest absolute Gasteiger partial charge is 0.352 e. The molecule has 0 atom stereocenters. The van der Waals surface area contributed by atoms with Crippen molar-refractivity contribution in [1.29, 1.82) is 0 Å². The minimum atomic E-state index is -0.192. The quantitative estimate of drug-likeness (QED) is 0.568. The normalized spacial score (nSPS) is 10.5. The predicted octanol–water partition coefficient (Wildman–Crippen LogP) is 4.48. The molecule has 0 radical (unpaired) electrons. The molecule has 1 aromatic rings. The second-order valence-corrected chi connectivity index (χ2v) is 5.24. The van der Waals surface area contributed by atoms with Crippen molar-refractivity contribution >= 4 is 29.1 Å². The highest BCUT2D eigenvalue weighted by Gasteiger charge is 2.10. The van der Waals surface area contributed by atoms with Gasteiger partial charge >= 0.3 is 0 Å². The summed E-state index contributed by atoms with van der Waals surface area (Å²) in [6.45, 7) is 2.87. The van der Waals surface area contributed by atoms with Crippen LogP contribution in [0.15, 0.2) is 12.1 Å². The molecule has 0 aliphatic rings. The SMILES string of the molecule is CCCCCCCCNC(=O)c1ccc(Cl)nc1Cl. The molecule has 0 fully saturated rings. The Morgan fingerprint density at radius 1 is 1.16 bits per heavy atom. The summed E-state index contributed by atoms with van der Waals surface area (Å²) in [7, 11) is 0. The number of unbranched alkanes of at least 4 members (excludes halogenated alkanes) is 5. The van der Waals surface area contributed by atoms with Gasteiger partial charge in [0.1, 0.15) is 10.3 Å². The molecule has 0 spiro atoms. The molecule has 106 valence electrons. The highest BCUT2D eigenvalue weighted by molar-refractivity contribution is 6.34. The molecule has 1 amide bonds. The first-order chi connectivity index (χ1) is 9.15. The summed E-state index contributed by atoms with van der Waals surface area (Å²) in [5, 5.41) is 3.28. The van der Waals surface area contributed by atoms with Crippen molar-refractivity contribution in [1.82, 2.24) is 10.3 Å². The minimum absolute atomic E-state index is 0.146. The van der Waals surface area contributed by atoms with Gasteiger partial charge in [-0.1, -0.05) is 62.2 Å². The van der Waals surface area contributed by atoms with Crippen LogP contribution >= 0.6 is 23.2 Å². The van der Waals surface area contributed by atoms with Crippen LogP contribution in [0, 0.1) is 0 Å². The maximum Gasteiger partial charge on any atom is 0.254 e. The lowest BCUT2D eigenvalue weighted by atomic mass is 10.1. The maximum atomic E-state index is 11.8. The van der Waals surface area contributed by atoms with Crippen LogP contribution in [0.3, 0.4) is 0 Å². The van der Waals surface area contributed by atoms with Gasteiger partial charge in [0.05, 0.1) is 5.56 Å². The van der Waals surface area contributed by atoms with Gasteiger partial charge < -0.3 is 5.32 Å². The summed E-state index contributed by atoms with van der Waals surface area (Å²) < 4.78 is 0. The van der Waals surface area contributed by atoms with Crippen LogP contribution < -0.4 is 5.32 Å². The molecule has 0 unspecified atom stereocenters. The summed E-state index contributed by atoms with van der Waals surface area (Å²) in [5.74, 6) is -0.192. The van der Waals surface area contributed by atoms with E-state index in [1.54, 1.807) is 12.1 Å². The van der Waals surface area contributed by atoms with Crippen LogP contribution in [0.25, 0.3) is 0 Å². The third-order valence-corrected chi connectivity index (χ3v) is 3.37. The Bertz CT molecular complexity index is 410. The van der Waals surface area contributed by atoms with Crippen molar-refractivity contribution < 1.29 is 4.79 Å². The lowest BCUT2D eigenvalue weighted by Crippen LogP contribution is -2.24. The molecule has 1 N–H and O–H groups in total. The van der Waals surface area contributed by atoms with E-state index in [1.165, 1.54) is 25.7 Å². The number of carbonyl (C=O) groups is 1. The van der Waals surface area contributed by atoms with Gasteiger partial charge in [0.15, 0.2) is 0 Å². The topological polar surface area (TPSA) is 42.0 Å². The van der Waals surface area contributed by atoms with E-state index in [0.29, 0.717) is 12.1 Å². The number of nitrogens with zero attached hydrogens (tertiary/aromatic N) is 1. The third kappa shape index (κ3) is 6.26. The average Bonchev–Trinajstić information content (AvgIpc) is 2.37. The molecule has 1 rings (SSSR count). The molecule has 0 bridgehead atoms. The third-order valence-electron chi connectivity index (χ3n) is 2.88. The molecular weight excluding hydrogens is 283 g/mol. The number of aromatic nitrogens is 1. The van der Waals surface area contributed by atoms with Crippen molar-refractivity contribution in [2.24, 2.45) is 0 Å². The zero-order valence-corrected chi connectivity index (χ0v) is 12.7. The van der Waals surface area contributed by atoms with Gasteiger partial charge in [0.2, 0.25) is 0 Å². The Labute approximate surface area is 124 Å². The van der Waals surface area contributed by atoms with E-state index < -0.39 is 0 Å². The summed E-state index contributed by atoms with van der Waals surface area (Å²) in [6.07, 6.45) is 7.18.